The van der Waals surface area contributed by atoms with Gasteiger partial charge in [-0.05, 0) is 31.0 Å². The smallest absolute Gasteiger partial charge is 0.338 e. The first-order chi connectivity index (χ1) is 9.54. The summed E-state index contributed by atoms with van der Waals surface area (Å²) >= 11 is 0. The molecule has 20 heavy (non-hydrogen) atoms. The lowest BCUT2D eigenvalue weighted by atomic mass is 10.2. The van der Waals surface area contributed by atoms with E-state index in [2.05, 4.69) is 10.6 Å². The van der Waals surface area contributed by atoms with Crippen molar-refractivity contribution in [2.45, 2.75) is 12.8 Å². The fraction of sp³-hybridized carbons (Fsp3) is 0.385. The molecule has 110 valence electrons. The van der Waals surface area contributed by atoms with Crippen LogP contribution in [0.5, 0.6) is 0 Å². The Bertz CT molecular complexity index is 479. The summed E-state index contributed by atoms with van der Waals surface area (Å²) in [6.45, 7) is 1.10. The third-order valence-corrected chi connectivity index (χ3v) is 2.52. The summed E-state index contributed by atoms with van der Waals surface area (Å²) in [5.74, 6) is -2.23. The monoisotopic (exact) mass is 284 g/mol. The zero-order valence-corrected chi connectivity index (χ0v) is 11.1. The zero-order valence-electron chi connectivity index (χ0n) is 11.1. The fourth-order valence-corrected chi connectivity index (χ4v) is 1.52. The highest BCUT2D eigenvalue weighted by atomic mass is 19.1. The van der Waals surface area contributed by atoms with E-state index in [-0.39, 0.29) is 5.69 Å². The third kappa shape index (κ3) is 5.23. The lowest BCUT2D eigenvalue weighted by Crippen LogP contribution is -2.29. The second kappa shape index (κ2) is 8.11. The van der Waals surface area contributed by atoms with Gasteiger partial charge in [-0.15, -0.1) is 0 Å². The Kier molecular flexibility index (Phi) is 6.45. The lowest BCUT2D eigenvalue weighted by Gasteiger charge is -2.08. The zero-order chi connectivity index (χ0) is 15.0. The highest BCUT2D eigenvalue weighted by molar-refractivity contribution is 5.93. The van der Waals surface area contributed by atoms with Crippen LogP contribution in [0.1, 0.15) is 23.2 Å². The Morgan fingerprint density at radius 1 is 1.35 bits per heavy atom. The minimum Gasteiger partial charge on any atom is -0.478 e. The van der Waals surface area contributed by atoms with Crippen molar-refractivity contribution < 1.29 is 23.8 Å². The van der Waals surface area contributed by atoms with Crippen molar-refractivity contribution in [3.63, 3.8) is 0 Å². The molecule has 0 atom stereocenters. The molecule has 0 radical (unpaired) electrons. The van der Waals surface area contributed by atoms with Gasteiger partial charge in [-0.25, -0.2) is 14.0 Å². The Hall–Kier alpha value is -2.15. The molecule has 0 fully saturated rings. The number of methoxy groups -OCH3 is 1. The summed E-state index contributed by atoms with van der Waals surface area (Å²) in [6.07, 6.45) is 1.60. The van der Waals surface area contributed by atoms with Crippen LogP contribution in [0.3, 0.4) is 0 Å². The van der Waals surface area contributed by atoms with Crippen molar-refractivity contribution in [2.75, 3.05) is 25.6 Å². The van der Waals surface area contributed by atoms with E-state index >= 15 is 0 Å². The summed E-state index contributed by atoms with van der Waals surface area (Å²) in [5.41, 5.74) is -0.263. The van der Waals surface area contributed by atoms with Gasteiger partial charge in [0.25, 0.3) is 0 Å². The maximum absolute atomic E-state index is 13.2. The number of carboxylic acid groups (broad SMARTS) is 1. The third-order valence-electron chi connectivity index (χ3n) is 2.52. The highest BCUT2D eigenvalue weighted by Crippen LogP contribution is 2.14. The molecule has 7 heteroatoms. The van der Waals surface area contributed by atoms with Crippen LogP contribution in [0, 0.1) is 5.82 Å². The number of halogens is 1. The number of rotatable bonds is 7. The van der Waals surface area contributed by atoms with Crippen LogP contribution in [0.2, 0.25) is 0 Å². The van der Waals surface area contributed by atoms with Gasteiger partial charge in [0.05, 0.1) is 5.56 Å². The molecule has 6 nitrogen and oxygen atoms in total. The van der Waals surface area contributed by atoms with Gasteiger partial charge >= 0.3 is 12.0 Å². The van der Waals surface area contributed by atoms with Gasteiger partial charge in [0.15, 0.2) is 0 Å². The lowest BCUT2D eigenvalue weighted by molar-refractivity contribution is 0.0692. The standard InChI is InChI=1S/C13H17FN2O4/c1-20-7-3-2-6-15-13(19)16-9-4-5-11(14)10(8-9)12(17)18/h4-5,8H,2-3,6-7H2,1H3,(H,17,18)(H2,15,16,19). The number of anilines is 1. The van der Waals surface area contributed by atoms with Gasteiger partial charge in [0, 0.05) is 25.9 Å². The number of amides is 2. The molecule has 0 aliphatic carbocycles. The Morgan fingerprint density at radius 2 is 2.10 bits per heavy atom. The number of urea groups is 1. The summed E-state index contributed by atoms with van der Waals surface area (Å²) in [5, 5.41) is 13.8. The first-order valence-electron chi connectivity index (χ1n) is 6.11. The average molecular weight is 284 g/mol. The van der Waals surface area contributed by atoms with Crippen LogP contribution < -0.4 is 10.6 Å². The van der Waals surface area contributed by atoms with Crippen LogP contribution in [-0.4, -0.2) is 37.4 Å². The van der Waals surface area contributed by atoms with Crippen LogP contribution in [0.4, 0.5) is 14.9 Å². The van der Waals surface area contributed by atoms with Gasteiger partial charge in [-0.3, -0.25) is 0 Å². The quantitative estimate of drug-likeness (QED) is 0.669. The molecule has 1 rings (SSSR count). The van der Waals surface area contributed by atoms with Gasteiger partial charge in [-0.1, -0.05) is 0 Å². The number of unbranched alkanes of at least 4 members (excludes halogenated alkanes) is 1. The summed E-state index contributed by atoms with van der Waals surface area (Å²) in [7, 11) is 1.61. The first kappa shape index (κ1) is 15.9. The average Bonchev–Trinajstić information content (AvgIpc) is 2.40. The van der Waals surface area contributed by atoms with Crippen molar-refractivity contribution in [3.05, 3.63) is 29.6 Å². The number of carbonyl (C=O) groups is 2. The van der Waals surface area contributed by atoms with E-state index in [1.54, 1.807) is 7.11 Å². The fourth-order valence-electron chi connectivity index (χ4n) is 1.52. The van der Waals surface area contributed by atoms with E-state index in [4.69, 9.17) is 9.84 Å². The van der Waals surface area contributed by atoms with Crippen LogP contribution in [-0.2, 0) is 4.74 Å². The Labute approximate surface area is 115 Å². The van der Waals surface area contributed by atoms with Crippen molar-refractivity contribution in [2.24, 2.45) is 0 Å². The van der Waals surface area contributed by atoms with Gasteiger partial charge < -0.3 is 20.5 Å². The van der Waals surface area contributed by atoms with Crippen molar-refractivity contribution in [1.82, 2.24) is 5.32 Å². The van der Waals surface area contributed by atoms with Crippen molar-refractivity contribution in [1.29, 1.82) is 0 Å². The van der Waals surface area contributed by atoms with E-state index in [9.17, 15) is 14.0 Å². The minimum absolute atomic E-state index is 0.221. The molecular formula is C13H17FN2O4. The molecule has 0 aliphatic rings. The molecule has 1 aromatic rings. The predicted molar refractivity (Wildman–Crippen MR) is 71.5 cm³/mol. The molecule has 1 aromatic carbocycles. The molecule has 0 unspecified atom stereocenters. The molecule has 0 heterocycles. The number of carboxylic acids is 1. The number of carbonyl (C=O) groups excluding carboxylic acids is 1. The molecule has 0 saturated carbocycles. The topological polar surface area (TPSA) is 87.7 Å². The van der Waals surface area contributed by atoms with Gasteiger partial charge in [0.1, 0.15) is 5.82 Å². The number of hydrogen-bond acceptors (Lipinski definition) is 3. The molecule has 0 aliphatic heterocycles. The van der Waals surface area contributed by atoms with E-state index < -0.39 is 23.4 Å². The molecular weight excluding hydrogens is 267 g/mol. The van der Waals surface area contributed by atoms with Crippen molar-refractivity contribution >= 4 is 17.7 Å². The molecule has 2 amide bonds. The molecule has 0 saturated heterocycles. The van der Waals surface area contributed by atoms with Crippen LogP contribution in [0.15, 0.2) is 18.2 Å². The maximum Gasteiger partial charge on any atom is 0.338 e. The van der Waals surface area contributed by atoms with Crippen molar-refractivity contribution in [3.8, 4) is 0 Å². The van der Waals surface area contributed by atoms with E-state index in [1.807, 2.05) is 0 Å². The summed E-state index contributed by atoms with van der Waals surface area (Å²) < 4.78 is 18.0. The van der Waals surface area contributed by atoms with Gasteiger partial charge in [-0.2, -0.15) is 0 Å². The van der Waals surface area contributed by atoms with E-state index in [0.29, 0.717) is 13.2 Å². The van der Waals surface area contributed by atoms with Crippen LogP contribution in [0.25, 0.3) is 0 Å². The SMILES string of the molecule is COCCCCNC(=O)Nc1ccc(F)c(C(=O)O)c1. The summed E-state index contributed by atoms with van der Waals surface area (Å²) in [6, 6.07) is 2.90. The predicted octanol–water partition coefficient (Wildman–Crippen LogP) is 2.07. The Balaban J connectivity index is 2.46. The number of benzene rings is 1. The second-order valence-electron chi connectivity index (χ2n) is 4.08. The summed E-state index contributed by atoms with van der Waals surface area (Å²) in [4.78, 5) is 22.3. The normalized spacial score (nSPS) is 10.1. The number of aromatic carboxylic acids is 1. The molecule has 0 spiro atoms. The molecule has 0 bridgehead atoms. The largest absolute Gasteiger partial charge is 0.478 e. The molecule has 0 aromatic heterocycles. The number of nitrogens with one attached hydrogen (secondary N) is 2. The maximum atomic E-state index is 13.2. The first-order valence-corrected chi connectivity index (χ1v) is 6.11. The second-order valence-corrected chi connectivity index (χ2v) is 4.08. The minimum atomic E-state index is -1.38. The van der Waals surface area contributed by atoms with Crippen LogP contribution >= 0.6 is 0 Å². The molecule has 3 N–H and O–H groups in total. The number of ether oxygens (including phenoxy) is 1. The number of hydrogen-bond donors (Lipinski definition) is 3. The Morgan fingerprint density at radius 3 is 2.75 bits per heavy atom. The van der Waals surface area contributed by atoms with E-state index in [1.165, 1.54) is 6.07 Å². The highest BCUT2D eigenvalue weighted by Gasteiger charge is 2.11. The van der Waals surface area contributed by atoms with E-state index in [0.717, 1.165) is 25.0 Å². The van der Waals surface area contributed by atoms with Gasteiger partial charge in [0.2, 0.25) is 0 Å².